The molecule has 2 rings (SSSR count). The summed E-state index contributed by atoms with van der Waals surface area (Å²) in [5, 5.41) is 20.3. The first-order valence-corrected chi connectivity index (χ1v) is 6.14. The van der Waals surface area contributed by atoms with Gasteiger partial charge < -0.3 is 15.7 Å². The van der Waals surface area contributed by atoms with Crippen LogP contribution in [0, 0.1) is 0 Å². The number of hydrogen-bond donors (Lipinski definition) is 4. The zero-order valence-electron chi connectivity index (χ0n) is 11.2. The number of carboxylic acids is 1. The molecule has 21 heavy (non-hydrogen) atoms. The third kappa shape index (κ3) is 4.27. The number of urea groups is 1. The third-order valence-electron chi connectivity index (χ3n) is 2.61. The Balaban J connectivity index is 1.89. The number of amides is 2. The Morgan fingerprint density at radius 3 is 2.76 bits per heavy atom. The van der Waals surface area contributed by atoms with Crippen molar-refractivity contribution < 1.29 is 14.7 Å². The van der Waals surface area contributed by atoms with Gasteiger partial charge in [-0.25, -0.2) is 9.78 Å². The average Bonchev–Trinajstić information content (AvgIpc) is 2.94. The van der Waals surface area contributed by atoms with Crippen LogP contribution in [-0.2, 0) is 11.2 Å². The average molecular weight is 290 g/mol. The molecule has 110 valence electrons. The van der Waals surface area contributed by atoms with E-state index in [1.54, 1.807) is 19.1 Å². The second-order valence-corrected chi connectivity index (χ2v) is 4.30. The number of aromatic nitrogens is 4. The van der Waals surface area contributed by atoms with Crippen LogP contribution >= 0.6 is 0 Å². The van der Waals surface area contributed by atoms with Gasteiger partial charge in [-0.2, -0.15) is 5.10 Å². The standard InChI is InChI=1S/C12H14N6O3/c1-7(11-14-6-15-18-11)16-12(21)17-9-3-2-8(13-5-9)4-10(19)20/h2-3,5-7H,4H2,1H3,(H,19,20)(H,14,15,18)(H2,16,17,21). The highest BCUT2D eigenvalue weighted by Crippen LogP contribution is 2.08. The van der Waals surface area contributed by atoms with Gasteiger partial charge in [-0.05, 0) is 19.1 Å². The van der Waals surface area contributed by atoms with Crippen molar-refractivity contribution in [2.24, 2.45) is 0 Å². The Kier molecular flexibility index (Phi) is 4.44. The van der Waals surface area contributed by atoms with Crippen LogP contribution in [0.1, 0.15) is 24.5 Å². The van der Waals surface area contributed by atoms with Gasteiger partial charge in [0.1, 0.15) is 12.2 Å². The number of nitrogens with one attached hydrogen (secondary N) is 3. The van der Waals surface area contributed by atoms with Crippen molar-refractivity contribution in [2.75, 3.05) is 5.32 Å². The first-order valence-electron chi connectivity index (χ1n) is 6.14. The molecule has 2 aromatic heterocycles. The van der Waals surface area contributed by atoms with E-state index in [9.17, 15) is 9.59 Å². The molecule has 0 aliphatic carbocycles. The number of H-pyrrole nitrogens is 1. The van der Waals surface area contributed by atoms with E-state index >= 15 is 0 Å². The van der Waals surface area contributed by atoms with Crippen LogP contribution < -0.4 is 10.6 Å². The number of carboxylic acid groups (broad SMARTS) is 1. The largest absolute Gasteiger partial charge is 0.481 e. The summed E-state index contributed by atoms with van der Waals surface area (Å²) in [7, 11) is 0. The SMILES string of the molecule is CC(NC(=O)Nc1ccc(CC(=O)O)nc1)c1ncn[nH]1. The zero-order chi connectivity index (χ0) is 15.2. The van der Waals surface area contributed by atoms with Gasteiger partial charge in [0.15, 0.2) is 0 Å². The van der Waals surface area contributed by atoms with Gasteiger partial charge in [0, 0.05) is 0 Å². The molecule has 0 aromatic carbocycles. The van der Waals surface area contributed by atoms with E-state index < -0.39 is 12.0 Å². The summed E-state index contributed by atoms with van der Waals surface area (Å²) in [6.07, 6.45) is 2.60. The van der Waals surface area contributed by atoms with Crippen LogP contribution in [0.15, 0.2) is 24.7 Å². The zero-order valence-corrected chi connectivity index (χ0v) is 11.2. The molecule has 2 amide bonds. The van der Waals surface area contributed by atoms with E-state index in [-0.39, 0.29) is 12.5 Å². The maximum Gasteiger partial charge on any atom is 0.319 e. The van der Waals surface area contributed by atoms with Crippen molar-refractivity contribution >= 4 is 17.7 Å². The van der Waals surface area contributed by atoms with Crippen LogP contribution in [0.2, 0.25) is 0 Å². The lowest BCUT2D eigenvalue weighted by molar-refractivity contribution is -0.136. The minimum Gasteiger partial charge on any atom is -0.481 e. The summed E-state index contributed by atoms with van der Waals surface area (Å²) in [5.74, 6) is -0.415. The minimum absolute atomic E-state index is 0.158. The number of aromatic amines is 1. The molecular weight excluding hydrogens is 276 g/mol. The molecule has 0 aliphatic heterocycles. The van der Waals surface area contributed by atoms with Gasteiger partial charge in [-0.3, -0.25) is 14.9 Å². The van der Waals surface area contributed by atoms with Crippen LogP contribution in [0.25, 0.3) is 0 Å². The number of hydrogen-bond acceptors (Lipinski definition) is 5. The van der Waals surface area contributed by atoms with Gasteiger partial charge in [0.2, 0.25) is 0 Å². The number of aliphatic carboxylic acids is 1. The summed E-state index contributed by atoms with van der Waals surface area (Å²) in [4.78, 5) is 30.2. The van der Waals surface area contributed by atoms with E-state index in [0.717, 1.165) is 0 Å². The molecule has 9 nitrogen and oxygen atoms in total. The third-order valence-corrected chi connectivity index (χ3v) is 2.61. The van der Waals surface area contributed by atoms with Gasteiger partial charge in [-0.15, -0.1) is 0 Å². The Morgan fingerprint density at radius 1 is 1.38 bits per heavy atom. The van der Waals surface area contributed by atoms with Crippen LogP contribution in [0.3, 0.4) is 0 Å². The molecule has 0 bridgehead atoms. The van der Waals surface area contributed by atoms with E-state index in [1.807, 2.05) is 0 Å². The fourth-order valence-electron chi connectivity index (χ4n) is 1.61. The highest BCUT2D eigenvalue weighted by atomic mass is 16.4. The van der Waals surface area contributed by atoms with Crippen molar-refractivity contribution in [3.05, 3.63) is 36.2 Å². The van der Waals surface area contributed by atoms with Crippen molar-refractivity contribution in [2.45, 2.75) is 19.4 Å². The van der Waals surface area contributed by atoms with Gasteiger partial charge in [0.25, 0.3) is 0 Å². The monoisotopic (exact) mass is 290 g/mol. The molecule has 9 heteroatoms. The quantitative estimate of drug-likeness (QED) is 0.641. The maximum atomic E-state index is 11.8. The first-order chi connectivity index (χ1) is 10.0. The van der Waals surface area contributed by atoms with E-state index in [2.05, 4.69) is 30.8 Å². The van der Waals surface area contributed by atoms with Crippen molar-refractivity contribution in [1.82, 2.24) is 25.5 Å². The second kappa shape index (κ2) is 6.46. The molecule has 0 saturated carbocycles. The van der Waals surface area contributed by atoms with E-state index in [0.29, 0.717) is 17.2 Å². The Morgan fingerprint density at radius 2 is 2.19 bits per heavy atom. The molecular formula is C12H14N6O3. The lowest BCUT2D eigenvalue weighted by Crippen LogP contribution is -2.31. The molecule has 0 radical (unpaired) electrons. The molecule has 0 fully saturated rings. The fourth-order valence-corrected chi connectivity index (χ4v) is 1.61. The fraction of sp³-hybridized carbons (Fsp3) is 0.250. The maximum absolute atomic E-state index is 11.8. The second-order valence-electron chi connectivity index (χ2n) is 4.30. The van der Waals surface area contributed by atoms with Crippen LogP contribution in [0.5, 0.6) is 0 Å². The molecule has 0 aliphatic rings. The molecule has 0 spiro atoms. The van der Waals surface area contributed by atoms with Gasteiger partial charge in [0.05, 0.1) is 30.0 Å². The lowest BCUT2D eigenvalue weighted by Gasteiger charge is -2.12. The Bertz CT molecular complexity index is 610. The summed E-state index contributed by atoms with van der Waals surface area (Å²) in [6, 6.07) is 2.38. The lowest BCUT2D eigenvalue weighted by atomic mass is 10.2. The minimum atomic E-state index is -0.957. The predicted molar refractivity (Wildman–Crippen MR) is 72.5 cm³/mol. The normalized spacial score (nSPS) is 11.7. The molecule has 0 saturated heterocycles. The van der Waals surface area contributed by atoms with Gasteiger partial charge in [-0.1, -0.05) is 0 Å². The predicted octanol–water partition coefficient (Wildman–Crippen LogP) is 0.709. The highest BCUT2D eigenvalue weighted by molar-refractivity contribution is 5.89. The first kappa shape index (κ1) is 14.4. The molecule has 2 heterocycles. The molecule has 4 N–H and O–H groups in total. The van der Waals surface area contributed by atoms with Crippen molar-refractivity contribution in [3.8, 4) is 0 Å². The topological polar surface area (TPSA) is 133 Å². The number of carbonyl (C=O) groups is 2. The Hall–Kier alpha value is -2.97. The van der Waals surface area contributed by atoms with E-state index in [4.69, 9.17) is 5.11 Å². The summed E-state index contributed by atoms with van der Waals surface area (Å²) in [6.45, 7) is 1.76. The van der Waals surface area contributed by atoms with Crippen LogP contribution in [0.4, 0.5) is 10.5 Å². The summed E-state index contributed by atoms with van der Waals surface area (Å²) >= 11 is 0. The van der Waals surface area contributed by atoms with Crippen LogP contribution in [-0.4, -0.2) is 37.3 Å². The summed E-state index contributed by atoms with van der Waals surface area (Å²) in [5.41, 5.74) is 0.884. The Labute approximate surface area is 119 Å². The van der Waals surface area contributed by atoms with Gasteiger partial charge >= 0.3 is 12.0 Å². The van der Waals surface area contributed by atoms with Crippen molar-refractivity contribution in [1.29, 1.82) is 0 Å². The number of nitrogens with zero attached hydrogens (tertiary/aromatic N) is 3. The number of carbonyl (C=O) groups excluding carboxylic acids is 1. The summed E-state index contributed by atoms with van der Waals surface area (Å²) < 4.78 is 0. The molecule has 2 aromatic rings. The van der Waals surface area contributed by atoms with Crippen molar-refractivity contribution in [3.63, 3.8) is 0 Å². The smallest absolute Gasteiger partial charge is 0.319 e. The molecule has 1 atom stereocenters. The molecule has 1 unspecified atom stereocenters. The number of anilines is 1. The number of pyridine rings is 1. The highest BCUT2D eigenvalue weighted by Gasteiger charge is 2.12. The van der Waals surface area contributed by atoms with E-state index in [1.165, 1.54) is 12.5 Å². The number of rotatable bonds is 5.